The summed E-state index contributed by atoms with van der Waals surface area (Å²) in [5.41, 5.74) is 0.317. The first kappa shape index (κ1) is 16.2. The van der Waals surface area contributed by atoms with E-state index in [2.05, 4.69) is 15.0 Å². The number of carbonyl (C=O) groups excluding carboxylic acids is 1. The monoisotopic (exact) mass is 338 g/mol. The van der Waals surface area contributed by atoms with Crippen LogP contribution in [-0.2, 0) is 14.8 Å². The van der Waals surface area contributed by atoms with Crippen LogP contribution in [-0.4, -0.2) is 57.0 Å². The number of hydrogen-bond donors (Lipinski definition) is 2. The summed E-state index contributed by atoms with van der Waals surface area (Å²) in [4.78, 5) is 14.1. The highest BCUT2D eigenvalue weighted by Gasteiger charge is 2.29. The Hall–Kier alpha value is -1.67. The van der Waals surface area contributed by atoms with Gasteiger partial charge in [0.05, 0.1) is 11.3 Å². The minimum atomic E-state index is -3.47. The molecule has 8 heteroatoms. The molecule has 0 aliphatic carbocycles. The number of amides is 1. The van der Waals surface area contributed by atoms with Crippen LogP contribution < -0.4 is 10.6 Å². The van der Waals surface area contributed by atoms with Crippen LogP contribution in [0.1, 0.15) is 19.3 Å². The van der Waals surface area contributed by atoms with Crippen LogP contribution in [0.2, 0.25) is 0 Å². The average Bonchev–Trinajstić information content (AvgIpc) is 2.54. The highest BCUT2D eigenvalue weighted by atomic mass is 32.2. The molecule has 0 radical (unpaired) electrons. The normalized spacial score (nSPS) is 26.1. The molecule has 1 saturated heterocycles. The molecule has 1 fully saturated rings. The van der Waals surface area contributed by atoms with Gasteiger partial charge in [0.25, 0.3) is 15.9 Å². The minimum absolute atomic E-state index is 0.0234. The number of carbonyl (C=O) groups is 1. The number of rotatable bonds is 4. The maximum absolute atomic E-state index is 12.4. The van der Waals surface area contributed by atoms with Crippen molar-refractivity contribution in [2.45, 2.75) is 19.3 Å². The molecule has 23 heavy (non-hydrogen) atoms. The Morgan fingerprint density at radius 1 is 1.48 bits per heavy atom. The number of sulfonamides is 1. The average molecular weight is 338 g/mol. The number of allylic oxidation sites excluding steroid dienone is 2. The summed E-state index contributed by atoms with van der Waals surface area (Å²) in [5.74, 6) is 0.535. The van der Waals surface area contributed by atoms with Crippen LogP contribution in [0.25, 0.3) is 0 Å². The van der Waals surface area contributed by atoms with Crippen LogP contribution in [0.15, 0.2) is 28.3 Å². The van der Waals surface area contributed by atoms with Crippen molar-refractivity contribution in [1.82, 2.24) is 15.5 Å². The predicted octanol–water partition coefficient (Wildman–Crippen LogP) is -0.0101. The van der Waals surface area contributed by atoms with Gasteiger partial charge >= 0.3 is 0 Å². The van der Waals surface area contributed by atoms with Gasteiger partial charge in [-0.2, -0.15) is 0 Å². The maximum Gasteiger partial charge on any atom is 0.256 e. The fraction of sp³-hybridized carbons (Fsp3) is 0.600. The summed E-state index contributed by atoms with van der Waals surface area (Å²) in [6.45, 7) is 2.99. The zero-order valence-electron chi connectivity index (χ0n) is 13.0. The lowest BCUT2D eigenvalue weighted by atomic mass is 9.96. The third-order valence-electron chi connectivity index (χ3n) is 4.34. The first-order valence-corrected chi connectivity index (χ1v) is 9.63. The maximum atomic E-state index is 12.4. The third-order valence-corrected chi connectivity index (χ3v) is 5.49. The molecular formula is C15H22N4O3S. The van der Waals surface area contributed by atoms with Gasteiger partial charge in [0, 0.05) is 19.3 Å². The summed E-state index contributed by atoms with van der Waals surface area (Å²) >= 11 is 0. The van der Waals surface area contributed by atoms with E-state index in [1.54, 1.807) is 23.3 Å². The molecule has 7 nitrogen and oxygen atoms in total. The zero-order chi connectivity index (χ0) is 16.3. The Kier molecular flexibility index (Phi) is 4.82. The van der Waals surface area contributed by atoms with Gasteiger partial charge in [-0.3, -0.25) is 4.79 Å². The molecule has 1 amide bonds. The second-order valence-electron chi connectivity index (χ2n) is 6.07. The number of amidine groups is 1. The molecule has 3 heterocycles. The number of nitrogens with one attached hydrogen (secondary N) is 2. The van der Waals surface area contributed by atoms with Crippen LogP contribution in [0, 0.1) is 5.92 Å². The van der Waals surface area contributed by atoms with Crippen molar-refractivity contribution < 1.29 is 13.2 Å². The lowest BCUT2D eigenvalue weighted by molar-refractivity contribution is -0.117. The number of hydrogen-bond acceptors (Lipinski definition) is 5. The van der Waals surface area contributed by atoms with Gasteiger partial charge in [-0.1, -0.05) is 0 Å². The van der Waals surface area contributed by atoms with Crippen molar-refractivity contribution >= 4 is 21.8 Å². The van der Waals surface area contributed by atoms with E-state index in [1.165, 1.54) is 12.8 Å². The molecule has 126 valence electrons. The van der Waals surface area contributed by atoms with E-state index < -0.39 is 10.0 Å². The lowest BCUT2D eigenvalue weighted by Gasteiger charge is -2.28. The molecule has 3 aliphatic rings. The van der Waals surface area contributed by atoms with E-state index in [0.29, 0.717) is 24.6 Å². The molecule has 1 unspecified atom stereocenters. The van der Waals surface area contributed by atoms with Crippen LogP contribution in [0.5, 0.6) is 0 Å². The van der Waals surface area contributed by atoms with Crippen LogP contribution in [0.4, 0.5) is 0 Å². The molecule has 0 spiro atoms. The molecule has 0 saturated carbocycles. The molecule has 1 atom stereocenters. The summed E-state index contributed by atoms with van der Waals surface area (Å²) in [6, 6.07) is 0. The van der Waals surface area contributed by atoms with Crippen LogP contribution >= 0.6 is 0 Å². The smallest absolute Gasteiger partial charge is 0.256 e. The molecule has 0 aromatic carbocycles. The summed E-state index contributed by atoms with van der Waals surface area (Å²) in [6.07, 6.45) is 8.41. The Morgan fingerprint density at radius 3 is 3.13 bits per heavy atom. The van der Waals surface area contributed by atoms with Crippen molar-refractivity contribution in [2.24, 2.45) is 10.3 Å². The van der Waals surface area contributed by atoms with Gasteiger partial charge in [0.15, 0.2) is 5.84 Å². The molecule has 0 aromatic heterocycles. The van der Waals surface area contributed by atoms with Crippen molar-refractivity contribution in [3.8, 4) is 0 Å². The third kappa shape index (κ3) is 4.00. The van der Waals surface area contributed by atoms with E-state index in [4.69, 9.17) is 0 Å². The van der Waals surface area contributed by atoms with Crippen molar-refractivity contribution in [3.63, 3.8) is 0 Å². The lowest BCUT2D eigenvalue weighted by Crippen LogP contribution is -2.42. The molecular weight excluding hydrogens is 316 g/mol. The van der Waals surface area contributed by atoms with Crippen molar-refractivity contribution in [2.75, 3.05) is 31.9 Å². The molecule has 0 bridgehead atoms. The molecule has 2 N–H and O–H groups in total. The SMILES string of the molecule is O=C(NCCC1CCCNC1)C1=CC=CN2CCS(=O)(=O)N=C12. The van der Waals surface area contributed by atoms with Gasteiger partial charge in [0.1, 0.15) is 0 Å². The van der Waals surface area contributed by atoms with Crippen molar-refractivity contribution in [1.29, 1.82) is 0 Å². The molecule has 0 aromatic rings. The Balaban J connectivity index is 1.61. The van der Waals surface area contributed by atoms with Gasteiger partial charge in [-0.25, -0.2) is 8.42 Å². The number of piperidine rings is 1. The topological polar surface area (TPSA) is 90.9 Å². The van der Waals surface area contributed by atoms with Gasteiger partial charge in [-0.05, 0) is 50.4 Å². The van der Waals surface area contributed by atoms with E-state index in [9.17, 15) is 13.2 Å². The summed E-state index contributed by atoms with van der Waals surface area (Å²) < 4.78 is 27.1. The number of nitrogens with zero attached hydrogens (tertiary/aromatic N) is 2. The first-order valence-electron chi connectivity index (χ1n) is 8.02. The van der Waals surface area contributed by atoms with Gasteiger partial charge in [-0.15, -0.1) is 4.40 Å². The zero-order valence-corrected chi connectivity index (χ0v) is 13.8. The highest BCUT2D eigenvalue weighted by molar-refractivity contribution is 7.90. The Labute approximate surface area is 136 Å². The second-order valence-corrected chi connectivity index (χ2v) is 7.83. The van der Waals surface area contributed by atoms with Crippen molar-refractivity contribution in [3.05, 3.63) is 23.9 Å². The van der Waals surface area contributed by atoms with E-state index >= 15 is 0 Å². The first-order chi connectivity index (χ1) is 11.1. The summed E-state index contributed by atoms with van der Waals surface area (Å²) in [5, 5.41) is 6.25. The fourth-order valence-electron chi connectivity index (χ4n) is 3.05. The number of fused-ring (bicyclic) bond motifs is 1. The Morgan fingerprint density at radius 2 is 2.35 bits per heavy atom. The quantitative estimate of drug-likeness (QED) is 0.752. The standard InChI is InChI=1S/C15H22N4O3S/c20-15(17-7-5-12-3-1-6-16-11-12)13-4-2-8-19-9-10-23(21,22)18-14(13)19/h2,4,8,12,16H,1,3,5-7,9-11H2,(H,17,20). The molecule has 3 rings (SSSR count). The van der Waals surface area contributed by atoms with E-state index in [1.807, 2.05) is 0 Å². The largest absolute Gasteiger partial charge is 0.352 e. The predicted molar refractivity (Wildman–Crippen MR) is 88.4 cm³/mol. The summed E-state index contributed by atoms with van der Waals surface area (Å²) in [7, 11) is -3.47. The minimum Gasteiger partial charge on any atom is -0.352 e. The van der Waals surface area contributed by atoms with E-state index in [-0.39, 0.29) is 17.5 Å². The fourth-order valence-corrected chi connectivity index (χ4v) is 4.03. The van der Waals surface area contributed by atoms with Gasteiger partial charge < -0.3 is 15.5 Å². The molecule has 3 aliphatic heterocycles. The Bertz CT molecular complexity index is 660. The highest BCUT2D eigenvalue weighted by Crippen LogP contribution is 2.18. The van der Waals surface area contributed by atoms with Gasteiger partial charge in [0.2, 0.25) is 0 Å². The second kappa shape index (κ2) is 6.84. The van der Waals surface area contributed by atoms with Crippen LogP contribution in [0.3, 0.4) is 0 Å². The van der Waals surface area contributed by atoms with E-state index in [0.717, 1.165) is 19.5 Å².